The Morgan fingerprint density at radius 1 is 1.36 bits per heavy atom. The van der Waals surface area contributed by atoms with E-state index in [1.54, 1.807) is 15.9 Å². The number of benzene rings is 1. The lowest BCUT2D eigenvalue weighted by molar-refractivity contribution is 0.653. The monoisotopic (exact) mass is 350 g/mol. The summed E-state index contributed by atoms with van der Waals surface area (Å²) in [5.74, 6) is 0. The van der Waals surface area contributed by atoms with Crippen molar-refractivity contribution >= 4 is 45.4 Å². The predicted octanol–water partition coefficient (Wildman–Crippen LogP) is 4.58. The summed E-state index contributed by atoms with van der Waals surface area (Å²) in [7, 11) is 0. The van der Waals surface area contributed by atoms with E-state index in [0.29, 0.717) is 22.8 Å². The van der Waals surface area contributed by atoms with Crippen molar-refractivity contribution in [1.82, 2.24) is 9.55 Å². The van der Waals surface area contributed by atoms with E-state index >= 15 is 0 Å². The van der Waals surface area contributed by atoms with E-state index < -0.39 is 0 Å². The van der Waals surface area contributed by atoms with Crippen LogP contribution in [0.5, 0.6) is 0 Å². The summed E-state index contributed by atoms with van der Waals surface area (Å²) in [6.07, 6.45) is 1.64. The second kappa shape index (κ2) is 6.36. The van der Waals surface area contributed by atoms with Crippen molar-refractivity contribution in [3.8, 4) is 0 Å². The zero-order chi connectivity index (χ0) is 15.7. The van der Waals surface area contributed by atoms with Crippen molar-refractivity contribution in [1.29, 1.82) is 0 Å². The lowest BCUT2D eigenvalue weighted by atomic mass is 10.1. The molecule has 1 aromatic carbocycles. The highest BCUT2D eigenvalue weighted by Crippen LogP contribution is 2.21. The molecule has 1 N–H and O–H groups in total. The van der Waals surface area contributed by atoms with Gasteiger partial charge in [0.2, 0.25) is 0 Å². The van der Waals surface area contributed by atoms with E-state index in [9.17, 15) is 4.79 Å². The molecule has 6 heteroatoms. The Labute approximate surface area is 142 Å². The topological polar surface area (TPSA) is 37.8 Å². The molecule has 0 spiro atoms. The highest BCUT2D eigenvalue weighted by Gasteiger charge is 2.09. The minimum absolute atomic E-state index is 0.0169. The maximum absolute atomic E-state index is 12.6. The summed E-state index contributed by atoms with van der Waals surface area (Å²) in [6.45, 7) is 2.62. The molecule has 3 nitrogen and oxygen atoms in total. The third-order valence-electron chi connectivity index (χ3n) is 3.59. The van der Waals surface area contributed by atoms with Crippen LogP contribution < -0.4 is 5.56 Å². The van der Waals surface area contributed by atoms with Gasteiger partial charge in [-0.15, -0.1) is 11.3 Å². The van der Waals surface area contributed by atoms with Crippen LogP contribution in [-0.2, 0) is 19.4 Å². The fraction of sp³-hybridized carbons (Fsp3) is 0.250. The highest BCUT2D eigenvalue weighted by atomic mass is 35.5. The number of rotatable bonds is 4. The van der Waals surface area contributed by atoms with Crippen LogP contribution in [0.25, 0.3) is 10.2 Å². The second-order valence-corrected chi connectivity index (χ2v) is 7.04. The standard InChI is InChI=1S/C16H15ClN2OS2/c1-2-12-9-13-14(22-12)18-16(21)19(15(13)20)7-6-10-4-3-5-11(17)8-10/h3-5,8-9H,2,6-7H2,1H3,(H,18,21). The molecule has 0 fully saturated rings. The van der Waals surface area contributed by atoms with Gasteiger partial charge in [-0.05, 0) is 48.8 Å². The van der Waals surface area contributed by atoms with Crippen LogP contribution >= 0.6 is 35.2 Å². The van der Waals surface area contributed by atoms with Crippen molar-refractivity contribution in [2.45, 2.75) is 26.3 Å². The fourth-order valence-corrected chi connectivity index (χ4v) is 3.95. The second-order valence-electron chi connectivity index (χ2n) is 5.08. The SMILES string of the molecule is CCc1cc2c(=O)n(CCc3cccc(Cl)c3)c(=S)[nH]c2s1. The van der Waals surface area contributed by atoms with Gasteiger partial charge in [0, 0.05) is 16.4 Å². The molecule has 0 radical (unpaired) electrons. The predicted molar refractivity (Wildman–Crippen MR) is 95.8 cm³/mol. The highest BCUT2D eigenvalue weighted by molar-refractivity contribution is 7.71. The summed E-state index contributed by atoms with van der Waals surface area (Å²) in [5, 5.41) is 1.43. The first-order chi connectivity index (χ1) is 10.6. The Kier molecular flexibility index (Phi) is 4.47. The Morgan fingerprint density at radius 2 is 2.18 bits per heavy atom. The number of nitrogens with zero attached hydrogens (tertiary/aromatic N) is 1. The maximum Gasteiger partial charge on any atom is 0.263 e. The molecule has 3 aromatic rings. The zero-order valence-corrected chi connectivity index (χ0v) is 14.4. The maximum atomic E-state index is 12.6. The van der Waals surface area contributed by atoms with Crippen molar-refractivity contribution in [3.05, 3.63) is 60.9 Å². The van der Waals surface area contributed by atoms with E-state index in [1.165, 1.54) is 4.88 Å². The average Bonchev–Trinajstić information content (AvgIpc) is 2.90. The number of hydrogen-bond donors (Lipinski definition) is 1. The van der Waals surface area contributed by atoms with Gasteiger partial charge in [-0.2, -0.15) is 0 Å². The van der Waals surface area contributed by atoms with Crippen LogP contribution in [0.4, 0.5) is 0 Å². The third kappa shape index (κ3) is 3.02. The average molecular weight is 351 g/mol. The largest absolute Gasteiger partial charge is 0.323 e. The van der Waals surface area contributed by atoms with Gasteiger partial charge >= 0.3 is 0 Å². The van der Waals surface area contributed by atoms with Gasteiger partial charge in [0.25, 0.3) is 5.56 Å². The number of fused-ring (bicyclic) bond motifs is 1. The molecular weight excluding hydrogens is 336 g/mol. The number of H-pyrrole nitrogens is 1. The molecule has 22 heavy (non-hydrogen) atoms. The summed E-state index contributed by atoms with van der Waals surface area (Å²) in [6, 6.07) is 9.63. The molecule has 0 aliphatic heterocycles. The van der Waals surface area contributed by atoms with Gasteiger partial charge < -0.3 is 4.98 Å². The normalized spacial score (nSPS) is 11.2. The van der Waals surface area contributed by atoms with Crippen LogP contribution in [0.2, 0.25) is 5.02 Å². The first kappa shape index (κ1) is 15.5. The van der Waals surface area contributed by atoms with Crippen LogP contribution in [0.1, 0.15) is 17.4 Å². The number of halogens is 1. The van der Waals surface area contributed by atoms with E-state index in [2.05, 4.69) is 11.9 Å². The van der Waals surface area contributed by atoms with Crippen LogP contribution in [0.15, 0.2) is 35.1 Å². The molecule has 0 amide bonds. The van der Waals surface area contributed by atoms with Crippen LogP contribution in [0, 0.1) is 4.77 Å². The molecule has 0 saturated carbocycles. The smallest absolute Gasteiger partial charge is 0.263 e. The van der Waals surface area contributed by atoms with Crippen molar-refractivity contribution in [3.63, 3.8) is 0 Å². The summed E-state index contributed by atoms with van der Waals surface area (Å²) >= 11 is 12.9. The van der Waals surface area contributed by atoms with E-state index in [-0.39, 0.29) is 5.56 Å². The van der Waals surface area contributed by atoms with Gasteiger partial charge in [0.15, 0.2) is 4.77 Å². The minimum Gasteiger partial charge on any atom is -0.323 e. The number of aryl methyl sites for hydroxylation is 2. The molecule has 0 atom stereocenters. The molecule has 2 aromatic heterocycles. The quantitative estimate of drug-likeness (QED) is 0.699. The van der Waals surface area contributed by atoms with Crippen molar-refractivity contribution < 1.29 is 0 Å². The van der Waals surface area contributed by atoms with Gasteiger partial charge in [-0.25, -0.2) is 0 Å². The minimum atomic E-state index is -0.0169. The molecular formula is C16H15ClN2OS2. The Balaban J connectivity index is 1.96. The van der Waals surface area contributed by atoms with Gasteiger partial charge in [0.05, 0.1) is 5.39 Å². The molecule has 0 aliphatic rings. The summed E-state index contributed by atoms with van der Waals surface area (Å²) in [5.41, 5.74) is 1.07. The lowest BCUT2D eigenvalue weighted by Crippen LogP contribution is -2.22. The molecule has 114 valence electrons. The fourth-order valence-electron chi connectivity index (χ4n) is 2.41. The summed E-state index contributed by atoms with van der Waals surface area (Å²) < 4.78 is 2.11. The third-order valence-corrected chi connectivity index (χ3v) is 5.34. The number of aromatic nitrogens is 2. The number of nitrogens with one attached hydrogen (secondary N) is 1. The van der Waals surface area contributed by atoms with Crippen molar-refractivity contribution in [2.24, 2.45) is 0 Å². The van der Waals surface area contributed by atoms with Crippen molar-refractivity contribution in [2.75, 3.05) is 0 Å². The molecule has 2 heterocycles. The molecule has 0 unspecified atom stereocenters. The molecule has 0 bridgehead atoms. The summed E-state index contributed by atoms with van der Waals surface area (Å²) in [4.78, 5) is 17.8. The number of thiophene rings is 1. The van der Waals surface area contributed by atoms with E-state index in [0.717, 1.165) is 22.2 Å². The molecule has 0 saturated heterocycles. The van der Waals surface area contributed by atoms with E-state index in [1.807, 2.05) is 30.3 Å². The van der Waals surface area contributed by atoms with Crippen LogP contribution in [0.3, 0.4) is 0 Å². The lowest BCUT2D eigenvalue weighted by Gasteiger charge is -2.06. The van der Waals surface area contributed by atoms with Gasteiger partial charge in [-0.1, -0.05) is 30.7 Å². The van der Waals surface area contributed by atoms with Gasteiger partial charge in [0.1, 0.15) is 4.83 Å². The van der Waals surface area contributed by atoms with E-state index in [4.69, 9.17) is 23.8 Å². The first-order valence-electron chi connectivity index (χ1n) is 7.08. The Hall–Kier alpha value is -1.43. The van der Waals surface area contributed by atoms with Gasteiger partial charge in [-0.3, -0.25) is 9.36 Å². The number of hydrogen-bond acceptors (Lipinski definition) is 3. The Morgan fingerprint density at radius 3 is 2.91 bits per heavy atom. The number of aromatic amines is 1. The Bertz CT molecular complexity index is 939. The zero-order valence-electron chi connectivity index (χ0n) is 12.1. The van der Waals surface area contributed by atoms with Crippen LogP contribution in [-0.4, -0.2) is 9.55 Å². The molecule has 3 rings (SSSR count). The molecule has 0 aliphatic carbocycles. The first-order valence-corrected chi connectivity index (χ1v) is 8.68.